The highest BCUT2D eigenvalue weighted by Gasteiger charge is 2.31. The number of rotatable bonds is 7. The number of halogens is 3. The first-order valence-electron chi connectivity index (χ1n) is 12.3. The molecule has 1 aliphatic heterocycles. The molecular weight excluding hydrogens is 525 g/mol. The van der Waals surface area contributed by atoms with Gasteiger partial charge in [-0.2, -0.15) is 5.10 Å². The van der Waals surface area contributed by atoms with Crippen molar-refractivity contribution in [2.45, 2.75) is 31.7 Å². The van der Waals surface area contributed by atoms with Crippen LogP contribution < -0.4 is 4.74 Å². The molecule has 1 unspecified atom stereocenters. The molecule has 1 aliphatic rings. The van der Waals surface area contributed by atoms with Crippen molar-refractivity contribution in [3.63, 3.8) is 0 Å². The van der Waals surface area contributed by atoms with Gasteiger partial charge in [-0.05, 0) is 46.5 Å². The van der Waals surface area contributed by atoms with E-state index in [1.165, 1.54) is 12.1 Å². The van der Waals surface area contributed by atoms with Gasteiger partial charge in [0.1, 0.15) is 12.0 Å². The number of hydrogen-bond donors (Lipinski definition) is 1. The van der Waals surface area contributed by atoms with Crippen LogP contribution >= 0.6 is 0 Å². The van der Waals surface area contributed by atoms with E-state index in [9.17, 15) is 22.8 Å². The zero-order valence-corrected chi connectivity index (χ0v) is 21.4. The van der Waals surface area contributed by atoms with Crippen LogP contribution in [0.25, 0.3) is 22.2 Å². The predicted octanol–water partition coefficient (Wildman–Crippen LogP) is 6.03. The molecule has 0 bridgehead atoms. The van der Waals surface area contributed by atoms with Gasteiger partial charge in [-0.1, -0.05) is 42.5 Å². The molecule has 0 saturated carbocycles. The van der Waals surface area contributed by atoms with Crippen molar-refractivity contribution in [1.82, 2.24) is 15.0 Å². The summed E-state index contributed by atoms with van der Waals surface area (Å²) in [6, 6.07) is 19.7. The van der Waals surface area contributed by atoms with Crippen molar-refractivity contribution in [3.05, 3.63) is 90.3 Å². The molecule has 40 heavy (non-hydrogen) atoms. The first-order valence-corrected chi connectivity index (χ1v) is 12.3. The van der Waals surface area contributed by atoms with E-state index >= 15 is 0 Å². The number of hydrazone groups is 1. The number of carbonyl (C=O) groups is 2. The van der Waals surface area contributed by atoms with Crippen LogP contribution in [-0.4, -0.2) is 51.5 Å². The van der Waals surface area contributed by atoms with E-state index in [2.05, 4.69) is 20.8 Å². The average Bonchev–Trinajstić information content (AvgIpc) is 3.32. The van der Waals surface area contributed by atoms with Crippen molar-refractivity contribution >= 4 is 29.0 Å². The van der Waals surface area contributed by atoms with Crippen LogP contribution in [-0.2, 0) is 9.59 Å². The molecule has 0 spiro atoms. The van der Waals surface area contributed by atoms with Gasteiger partial charge in [-0.25, -0.2) is 0 Å². The third kappa shape index (κ3) is 7.40. The predicted molar refractivity (Wildman–Crippen MR) is 143 cm³/mol. The summed E-state index contributed by atoms with van der Waals surface area (Å²) in [4.78, 5) is 27.8. The van der Waals surface area contributed by atoms with Gasteiger partial charge in [-0.15, -0.1) is 13.2 Å². The third-order valence-corrected chi connectivity index (χ3v) is 6.09. The first kappa shape index (κ1) is 28.2. The summed E-state index contributed by atoms with van der Waals surface area (Å²) in [5, 5.41) is 14.6. The van der Waals surface area contributed by atoms with Gasteiger partial charge in [0.2, 0.25) is 0 Å². The maximum Gasteiger partial charge on any atom is 0.573 e. The zero-order chi connectivity index (χ0) is 28.7. The maximum absolute atomic E-state index is 12.5. The van der Waals surface area contributed by atoms with Gasteiger partial charge < -0.3 is 14.6 Å². The Hall–Kier alpha value is -4.80. The minimum Gasteiger partial charge on any atom is -0.481 e. The van der Waals surface area contributed by atoms with Crippen LogP contribution in [0.1, 0.15) is 36.4 Å². The second-order valence-electron chi connectivity index (χ2n) is 8.90. The lowest BCUT2D eigenvalue weighted by molar-refractivity contribution is -0.274. The second kappa shape index (κ2) is 12.4. The summed E-state index contributed by atoms with van der Waals surface area (Å²) in [5.41, 5.74) is 6.16. The fraction of sp³-hybridized carbons (Fsp3) is 0.207. The molecule has 1 atom stereocenters. The minimum atomic E-state index is -4.72. The molecule has 0 fully saturated rings. The second-order valence-corrected chi connectivity index (χ2v) is 8.90. The number of fused-ring (bicyclic) bond motifs is 1. The fourth-order valence-corrected chi connectivity index (χ4v) is 4.22. The van der Waals surface area contributed by atoms with Crippen molar-refractivity contribution in [3.8, 4) is 16.9 Å². The Labute approximate surface area is 227 Å². The Morgan fingerprint density at radius 3 is 2.35 bits per heavy atom. The molecule has 0 radical (unpaired) electrons. The molecule has 3 aromatic carbocycles. The molecule has 206 valence electrons. The van der Waals surface area contributed by atoms with E-state index in [-0.39, 0.29) is 24.6 Å². The lowest BCUT2D eigenvalue weighted by Gasteiger charge is -2.19. The number of carbonyl (C=O) groups excluding carboxylic acids is 1. The quantitative estimate of drug-likeness (QED) is 0.280. The Morgan fingerprint density at radius 2 is 1.70 bits per heavy atom. The molecular formula is C29H25F3N4O4. The Balaban J connectivity index is 0.000000470. The number of alkyl halides is 3. The van der Waals surface area contributed by atoms with E-state index in [1.807, 2.05) is 48.5 Å². The number of benzene rings is 3. The van der Waals surface area contributed by atoms with Crippen LogP contribution in [0.2, 0.25) is 0 Å². The molecule has 2 heterocycles. The molecule has 0 saturated heterocycles. The standard InChI is InChI=1S/C25H19F3N4O.C4H6O3/c1-32-24(19-9-10-21-23(14-19)30-12-11-29-21)15-22(31-32)17-7-5-16(6-8-17)18-3-2-4-20(13-18)33-25(26,27)28;5-3-1-2-4(6)7/h2-14,24H,15H2,1H3;3H,1-2H2,(H,6,7). The van der Waals surface area contributed by atoms with Gasteiger partial charge in [0.05, 0.1) is 29.2 Å². The van der Waals surface area contributed by atoms with Crippen molar-refractivity contribution < 1.29 is 32.6 Å². The van der Waals surface area contributed by atoms with Gasteiger partial charge in [-0.3, -0.25) is 19.8 Å². The lowest BCUT2D eigenvalue weighted by atomic mass is 9.96. The van der Waals surface area contributed by atoms with Crippen LogP contribution in [0.15, 0.2) is 84.2 Å². The normalized spacial score (nSPS) is 14.8. The SMILES string of the molecule is CN1N=C(c2ccc(-c3cccc(OC(F)(F)F)c3)cc2)CC1c1ccc2nccnc2c1.O=CCCC(=O)O. The van der Waals surface area contributed by atoms with Crippen molar-refractivity contribution in [2.75, 3.05) is 7.05 Å². The number of nitrogens with zero attached hydrogens (tertiary/aromatic N) is 4. The highest BCUT2D eigenvalue weighted by atomic mass is 19.4. The topological polar surface area (TPSA) is 105 Å². The Kier molecular flexibility index (Phi) is 8.73. The molecule has 1 N–H and O–H groups in total. The highest BCUT2D eigenvalue weighted by Crippen LogP contribution is 2.33. The summed E-state index contributed by atoms with van der Waals surface area (Å²) < 4.78 is 41.6. The Bertz CT molecular complexity index is 1520. The Morgan fingerprint density at radius 1 is 1.00 bits per heavy atom. The number of carboxylic acid groups (broad SMARTS) is 1. The van der Waals surface area contributed by atoms with Gasteiger partial charge >= 0.3 is 12.3 Å². The first-order chi connectivity index (χ1) is 19.1. The number of aliphatic carboxylic acids is 1. The van der Waals surface area contributed by atoms with Crippen LogP contribution in [0.4, 0.5) is 13.2 Å². The fourth-order valence-electron chi connectivity index (χ4n) is 4.22. The lowest BCUT2D eigenvalue weighted by Crippen LogP contribution is -2.17. The number of carboxylic acids is 1. The monoisotopic (exact) mass is 550 g/mol. The van der Waals surface area contributed by atoms with Crippen LogP contribution in [0.5, 0.6) is 5.75 Å². The maximum atomic E-state index is 12.5. The van der Waals surface area contributed by atoms with E-state index in [0.29, 0.717) is 11.8 Å². The van der Waals surface area contributed by atoms with E-state index in [1.54, 1.807) is 24.5 Å². The highest BCUT2D eigenvalue weighted by molar-refractivity contribution is 6.02. The molecule has 11 heteroatoms. The zero-order valence-electron chi connectivity index (χ0n) is 21.4. The van der Waals surface area contributed by atoms with Gasteiger partial charge in [0, 0.05) is 32.3 Å². The van der Waals surface area contributed by atoms with Crippen LogP contribution in [0.3, 0.4) is 0 Å². The van der Waals surface area contributed by atoms with Gasteiger partial charge in [0.25, 0.3) is 0 Å². The van der Waals surface area contributed by atoms with Crippen molar-refractivity contribution in [1.29, 1.82) is 0 Å². The van der Waals surface area contributed by atoms with Gasteiger partial charge in [0.15, 0.2) is 0 Å². The van der Waals surface area contributed by atoms with Crippen LogP contribution in [0, 0.1) is 0 Å². The largest absolute Gasteiger partial charge is 0.573 e. The number of ether oxygens (including phenoxy) is 1. The average molecular weight is 551 g/mol. The summed E-state index contributed by atoms with van der Waals surface area (Å²) in [5.74, 6) is -1.17. The molecule has 4 aromatic rings. The summed E-state index contributed by atoms with van der Waals surface area (Å²) >= 11 is 0. The van der Waals surface area contributed by atoms with Crippen molar-refractivity contribution in [2.24, 2.45) is 5.10 Å². The van der Waals surface area contributed by atoms with E-state index < -0.39 is 12.3 Å². The summed E-state index contributed by atoms with van der Waals surface area (Å²) in [6.07, 6.45) is 0.0276. The van der Waals surface area contributed by atoms with E-state index in [4.69, 9.17) is 10.2 Å². The molecule has 1 aromatic heterocycles. The number of aldehydes is 1. The van der Waals surface area contributed by atoms with E-state index in [0.717, 1.165) is 39.9 Å². The minimum absolute atomic E-state index is 0.0521. The molecule has 8 nitrogen and oxygen atoms in total. The third-order valence-electron chi connectivity index (χ3n) is 6.09. The molecule has 0 amide bonds. The summed E-state index contributed by atoms with van der Waals surface area (Å²) in [6.45, 7) is 0. The smallest absolute Gasteiger partial charge is 0.481 e. The number of aromatic nitrogens is 2. The number of hydrogen-bond acceptors (Lipinski definition) is 7. The summed E-state index contributed by atoms with van der Waals surface area (Å²) in [7, 11) is 1.94. The molecule has 0 aliphatic carbocycles. The molecule has 5 rings (SSSR count).